The predicted octanol–water partition coefficient (Wildman–Crippen LogP) is 2.83. The number of carboxylic acids is 2. The molecule has 9 unspecified atom stereocenters. The molecule has 17 heteroatoms. The minimum Gasteiger partial charge on any atom is -0.481 e. The number of hydrogen-bond donors (Lipinski definition) is 6. The van der Waals surface area contributed by atoms with Crippen molar-refractivity contribution in [2.24, 2.45) is 29.4 Å². The Kier molecular flexibility index (Phi) is 24.4. The van der Waals surface area contributed by atoms with Crippen LogP contribution in [-0.2, 0) is 49.5 Å². The van der Waals surface area contributed by atoms with Gasteiger partial charge in [0.05, 0.1) is 42.7 Å². The molecule has 1 aromatic rings. The summed E-state index contributed by atoms with van der Waals surface area (Å²) in [5.41, 5.74) is 5.76. The van der Waals surface area contributed by atoms with Crippen molar-refractivity contribution < 1.29 is 53.2 Å². The number of benzene rings is 1. The molecule has 1 aliphatic rings. The van der Waals surface area contributed by atoms with Crippen LogP contribution in [0.4, 0.5) is 0 Å². The van der Waals surface area contributed by atoms with Crippen LogP contribution in [0, 0.1) is 23.7 Å². The van der Waals surface area contributed by atoms with Crippen molar-refractivity contribution in [2.45, 2.75) is 142 Å². The van der Waals surface area contributed by atoms with E-state index >= 15 is 0 Å². The van der Waals surface area contributed by atoms with E-state index in [0.29, 0.717) is 31.4 Å². The van der Waals surface area contributed by atoms with E-state index in [9.17, 15) is 38.7 Å². The van der Waals surface area contributed by atoms with E-state index in [-0.39, 0.29) is 66.8 Å². The van der Waals surface area contributed by atoms with Gasteiger partial charge in [-0.05, 0) is 49.6 Å². The third-order valence-corrected chi connectivity index (χ3v) is 11.3. The minimum absolute atomic E-state index is 0.00822. The lowest BCUT2D eigenvalue weighted by molar-refractivity contribution is -0.146. The summed E-state index contributed by atoms with van der Waals surface area (Å²) in [7, 11) is 6.51. The number of carbonyl (C=O) groups is 7. The molecule has 7 N–H and O–H groups in total. The van der Waals surface area contributed by atoms with Gasteiger partial charge in [0.2, 0.25) is 29.5 Å². The monoisotopic (exact) mass is 863 g/mol. The SMILES string of the molecule is CCC(C)C(C(CC(=O)N1CCCC1C(OC)C(C)C(=O)NC(Cc1ccccc1)C(=O)NC(CCC(=O)O)C(=O)O)OC)N(C)C(=O)CC(C)C.CNC(C(N)=O)C(C)C. The molecule has 0 spiro atoms. The van der Waals surface area contributed by atoms with Crippen LogP contribution in [-0.4, -0.2) is 139 Å². The molecule has 1 heterocycles. The average molecular weight is 863 g/mol. The van der Waals surface area contributed by atoms with Gasteiger partial charge in [-0.15, -0.1) is 0 Å². The van der Waals surface area contributed by atoms with Crippen molar-refractivity contribution in [1.29, 1.82) is 0 Å². The predicted molar refractivity (Wildman–Crippen MR) is 231 cm³/mol. The maximum absolute atomic E-state index is 14.0. The molecule has 0 saturated carbocycles. The number of likely N-dealkylation sites (N-methyl/N-ethyl adjacent to an activating group) is 2. The van der Waals surface area contributed by atoms with Crippen LogP contribution in [0.2, 0.25) is 0 Å². The van der Waals surface area contributed by atoms with E-state index in [1.807, 2.05) is 41.5 Å². The summed E-state index contributed by atoms with van der Waals surface area (Å²) in [6, 6.07) is 5.27. The number of carboxylic acid groups (broad SMARTS) is 2. The van der Waals surface area contributed by atoms with Gasteiger partial charge in [-0.3, -0.25) is 28.8 Å². The molecule has 2 rings (SSSR count). The molecule has 346 valence electrons. The van der Waals surface area contributed by atoms with Crippen LogP contribution >= 0.6 is 0 Å². The Morgan fingerprint density at radius 1 is 0.902 bits per heavy atom. The second-order valence-electron chi connectivity index (χ2n) is 16.7. The van der Waals surface area contributed by atoms with E-state index in [1.165, 1.54) is 7.11 Å². The van der Waals surface area contributed by atoms with Crippen molar-refractivity contribution in [3.05, 3.63) is 35.9 Å². The number of nitrogens with two attached hydrogens (primary N) is 1. The van der Waals surface area contributed by atoms with Gasteiger partial charge in [-0.2, -0.15) is 0 Å². The van der Waals surface area contributed by atoms with Crippen molar-refractivity contribution in [3.8, 4) is 0 Å². The topological polar surface area (TPSA) is 247 Å². The summed E-state index contributed by atoms with van der Waals surface area (Å²) in [4.78, 5) is 91.2. The lowest BCUT2D eigenvalue weighted by Gasteiger charge is -2.39. The van der Waals surface area contributed by atoms with Crippen molar-refractivity contribution >= 4 is 41.5 Å². The number of methoxy groups -OCH3 is 2. The number of ether oxygens (including phenoxy) is 2. The van der Waals surface area contributed by atoms with Gasteiger partial charge in [-0.1, -0.05) is 85.2 Å². The Morgan fingerprint density at radius 2 is 1.51 bits per heavy atom. The summed E-state index contributed by atoms with van der Waals surface area (Å²) in [5, 5.41) is 26.6. The first kappa shape index (κ1) is 54.4. The molecule has 1 aliphatic heterocycles. The Bertz CT molecular complexity index is 1560. The van der Waals surface area contributed by atoms with Crippen molar-refractivity contribution in [3.63, 3.8) is 0 Å². The maximum atomic E-state index is 14.0. The van der Waals surface area contributed by atoms with Crippen LogP contribution in [0.25, 0.3) is 0 Å². The molecule has 5 amide bonds. The second kappa shape index (κ2) is 27.4. The number of rotatable bonds is 25. The number of nitrogens with one attached hydrogen (secondary N) is 3. The number of hydrogen-bond acceptors (Lipinski definition) is 10. The first-order valence-electron chi connectivity index (χ1n) is 21.3. The smallest absolute Gasteiger partial charge is 0.326 e. The fraction of sp³-hybridized carbons (Fsp3) is 0.705. The van der Waals surface area contributed by atoms with Gasteiger partial charge in [0.1, 0.15) is 12.1 Å². The van der Waals surface area contributed by atoms with E-state index in [0.717, 1.165) is 6.42 Å². The zero-order valence-corrected chi connectivity index (χ0v) is 38.1. The summed E-state index contributed by atoms with van der Waals surface area (Å²) in [6.07, 6.45) is 0.423. The normalized spacial score (nSPS) is 17.7. The Hall–Kier alpha value is -4.61. The van der Waals surface area contributed by atoms with Crippen LogP contribution in [0.15, 0.2) is 30.3 Å². The van der Waals surface area contributed by atoms with Gasteiger partial charge in [0.15, 0.2) is 0 Å². The van der Waals surface area contributed by atoms with E-state index in [2.05, 4.69) is 16.0 Å². The van der Waals surface area contributed by atoms with E-state index < -0.39 is 66.4 Å². The molecular weight excluding hydrogens is 789 g/mol. The van der Waals surface area contributed by atoms with Crippen LogP contribution in [0.1, 0.15) is 99.0 Å². The van der Waals surface area contributed by atoms with E-state index in [1.54, 1.807) is 68.3 Å². The lowest BCUT2D eigenvalue weighted by atomic mass is 9.90. The molecule has 1 saturated heterocycles. The Balaban J connectivity index is 0.00000184. The number of carbonyl (C=O) groups excluding carboxylic acids is 5. The molecule has 1 aromatic carbocycles. The molecule has 0 aliphatic carbocycles. The van der Waals surface area contributed by atoms with Crippen molar-refractivity contribution in [1.82, 2.24) is 25.8 Å². The molecule has 17 nitrogen and oxygen atoms in total. The second-order valence-corrected chi connectivity index (χ2v) is 16.7. The highest BCUT2D eigenvalue weighted by Gasteiger charge is 2.42. The zero-order chi connectivity index (χ0) is 46.6. The molecular formula is C44H74N6O11. The molecule has 0 aromatic heterocycles. The number of amides is 5. The summed E-state index contributed by atoms with van der Waals surface area (Å²) < 4.78 is 11.8. The highest BCUT2D eigenvalue weighted by Crippen LogP contribution is 2.29. The summed E-state index contributed by atoms with van der Waals surface area (Å²) in [5.74, 6) is -4.68. The Morgan fingerprint density at radius 3 is 1.97 bits per heavy atom. The molecule has 0 radical (unpaired) electrons. The largest absolute Gasteiger partial charge is 0.481 e. The number of primary amides is 1. The maximum Gasteiger partial charge on any atom is 0.326 e. The van der Waals surface area contributed by atoms with Gasteiger partial charge in [0.25, 0.3) is 0 Å². The van der Waals surface area contributed by atoms with E-state index in [4.69, 9.17) is 20.3 Å². The fourth-order valence-corrected chi connectivity index (χ4v) is 7.78. The average Bonchev–Trinajstić information content (AvgIpc) is 3.68. The summed E-state index contributed by atoms with van der Waals surface area (Å²) in [6.45, 7) is 14.1. The van der Waals surface area contributed by atoms with Crippen LogP contribution in [0.5, 0.6) is 0 Å². The zero-order valence-electron chi connectivity index (χ0n) is 38.1. The third-order valence-electron chi connectivity index (χ3n) is 11.3. The molecule has 1 fully saturated rings. The van der Waals surface area contributed by atoms with Gasteiger partial charge in [-0.25, -0.2) is 4.79 Å². The molecule has 61 heavy (non-hydrogen) atoms. The molecule has 0 bridgehead atoms. The van der Waals surface area contributed by atoms with Gasteiger partial charge < -0.3 is 51.2 Å². The Labute approximate surface area is 362 Å². The number of likely N-dealkylation sites (tertiary alicyclic amines) is 1. The highest BCUT2D eigenvalue weighted by molar-refractivity contribution is 5.91. The first-order valence-corrected chi connectivity index (χ1v) is 21.3. The lowest BCUT2D eigenvalue weighted by Crippen LogP contribution is -2.56. The molecule has 9 atom stereocenters. The van der Waals surface area contributed by atoms with Gasteiger partial charge >= 0.3 is 11.9 Å². The quantitative estimate of drug-likeness (QED) is 0.0831. The minimum atomic E-state index is -1.47. The summed E-state index contributed by atoms with van der Waals surface area (Å²) >= 11 is 0. The third kappa shape index (κ3) is 17.7. The van der Waals surface area contributed by atoms with Crippen LogP contribution in [0.3, 0.4) is 0 Å². The number of aliphatic carboxylic acids is 2. The fourth-order valence-electron chi connectivity index (χ4n) is 7.78. The van der Waals surface area contributed by atoms with Crippen molar-refractivity contribution in [2.75, 3.05) is 34.9 Å². The highest BCUT2D eigenvalue weighted by atomic mass is 16.5. The van der Waals surface area contributed by atoms with Gasteiger partial charge in [0, 0.05) is 47.1 Å². The number of nitrogens with zero attached hydrogens (tertiary/aromatic N) is 2. The van der Waals surface area contributed by atoms with Crippen LogP contribution < -0.4 is 21.7 Å². The first-order chi connectivity index (χ1) is 28.6. The standard InChI is InChI=1S/C38H60N4O10.C6H14N2O/c1-9-24(4)34(41(6)31(43)20-23(2)3)30(51-7)22-32(44)42-19-13-16-29(42)35(52-8)25(5)36(47)40-28(21-26-14-11-10-12-15-26)37(48)39-27(38(49)50)17-18-33(45)46;1-4(2)5(8-3)6(7)9/h10-12,14-15,23-25,27-30,34-35H,9,13,16-22H2,1-8H3,(H,39,48)(H,40,47)(H,45,46)(H,49,50);4-5,8H,1-3H3,(H2,7,9).